The monoisotopic (exact) mass is 316 g/mol. The summed E-state index contributed by atoms with van der Waals surface area (Å²) in [5, 5.41) is 0.0844. The minimum atomic E-state index is -3.92. The zero-order valence-electron chi connectivity index (χ0n) is 9.97. The molecule has 0 radical (unpaired) electrons. The van der Waals surface area contributed by atoms with Gasteiger partial charge >= 0.3 is 0 Å². The number of rotatable bonds is 4. The molecule has 9 heteroatoms. The van der Waals surface area contributed by atoms with Crippen LogP contribution in [0.15, 0.2) is 41.4 Å². The Labute approximate surface area is 119 Å². The molecule has 0 aliphatic carbocycles. The van der Waals surface area contributed by atoms with E-state index in [2.05, 4.69) is 15.1 Å². The zero-order valence-corrected chi connectivity index (χ0v) is 11.5. The molecule has 0 unspecified atom stereocenters. The number of hydrogen-bond donors (Lipinski definition) is 3. The van der Waals surface area contributed by atoms with E-state index in [4.69, 9.17) is 17.4 Å². The second-order valence-corrected chi connectivity index (χ2v) is 5.84. The fraction of sp³-hybridized carbons (Fsp3) is 0. The summed E-state index contributed by atoms with van der Waals surface area (Å²) in [6.07, 6.45) is 1.27. The summed E-state index contributed by atoms with van der Waals surface area (Å²) >= 11 is 5.81. The van der Waals surface area contributed by atoms with E-state index in [1.165, 1.54) is 24.4 Å². The molecule has 0 amide bonds. The van der Waals surface area contributed by atoms with Crippen LogP contribution in [0.1, 0.15) is 0 Å². The molecule has 0 spiro atoms. The average Bonchev–Trinajstić information content (AvgIpc) is 2.43. The van der Waals surface area contributed by atoms with E-state index >= 15 is 0 Å². The van der Waals surface area contributed by atoms with Gasteiger partial charge in [0.1, 0.15) is 11.6 Å². The number of benzene rings is 1. The number of aromatic nitrogens is 1. The highest BCUT2D eigenvalue weighted by Crippen LogP contribution is 2.25. The Kier molecular flexibility index (Phi) is 4.07. The summed E-state index contributed by atoms with van der Waals surface area (Å²) in [5.41, 5.74) is 2.18. The van der Waals surface area contributed by atoms with Crippen LogP contribution in [0.2, 0.25) is 5.02 Å². The fourth-order valence-corrected chi connectivity index (χ4v) is 2.74. The van der Waals surface area contributed by atoms with E-state index in [9.17, 15) is 12.8 Å². The van der Waals surface area contributed by atoms with Gasteiger partial charge in [-0.05, 0) is 24.3 Å². The van der Waals surface area contributed by atoms with Crippen LogP contribution < -0.4 is 16.0 Å². The summed E-state index contributed by atoms with van der Waals surface area (Å²) in [6.45, 7) is 0. The summed E-state index contributed by atoms with van der Waals surface area (Å²) in [4.78, 5) is 3.71. The Bertz CT molecular complexity index is 739. The number of nitrogens with two attached hydrogens (primary N) is 1. The molecule has 4 N–H and O–H groups in total. The number of nitrogens with one attached hydrogen (secondary N) is 2. The molecule has 0 atom stereocenters. The minimum Gasteiger partial charge on any atom is -0.308 e. The lowest BCUT2D eigenvalue weighted by Gasteiger charge is -2.10. The van der Waals surface area contributed by atoms with Crippen molar-refractivity contribution in [2.24, 2.45) is 5.84 Å². The first-order chi connectivity index (χ1) is 9.42. The van der Waals surface area contributed by atoms with Gasteiger partial charge in [-0.3, -0.25) is 4.72 Å². The Balaban J connectivity index is 2.38. The maximum absolute atomic E-state index is 13.1. The van der Waals surface area contributed by atoms with Crippen molar-refractivity contribution in [1.29, 1.82) is 0 Å². The number of anilines is 2. The molecule has 1 aromatic carbocycles. The molecule has 6 nitrogen and oxygen atoms in total. The molecule has 2 rings (SSSR count). The van der Waals surface area contributed by atoms with Gasteiger partial charge < -0.3 is 5.43 Å². The lowest BCUT2D eigenvalue weighted by Crippen LogP contribution is -2.15. The first-order valence-electron chi connectivity index (χ1n) is 5.33. The van der Waals surface area contributed by atoms with Gasteiger partial charge in [0.05, 0.1) is 15.6 Å². The summed E-state index contributed by atoms with van der Waals surface area (Å²) < 4.78 is 39.6. The van der Waals surface area contributed by atoms with Crippen molar-refractivity contribution >= 4 is 33.1 Å². The van der Waals surface area contributed by atoms with Gasteiger partial charge in [0, 0.05) is 12.3 Å². The van der Waals surface area contributed by atoms with Crippen molar-refractivity contribution in [1.82, 2.24) is 4.98 Å². The Morgan fingerprint density at radius 3 is 2.70 bits per heavy atom. The van der Waals surface area contributed by atoms with Crippen molar-refractivity contribution in [3.8, 4) is 0 Å². The number of nitrogen functional groups attached to an aromatic ring is 1. The predicted octanol–water partition coefficient (Wildman–Crippen LogP) is 1.96. The molecule has 0 bridgehead atoms. The third-order valence-electron chi connectivity index (χ3n) is 2.36. The van der Waals surface area contributed by atoms with Gasteiger partial charge in [0.2, 0.25) is 0 Å². The van der Waals surface area contributed by atoms with Crippen LogP contribution in [0.25, 0.3) is 0 Å². The largest absolute Gasteiger partial charge is 0.308 e. The van der Waals surface area contributed by atoms with Crippen molar-refractivity contribution < 1.29 is 12.8 Å². The van der Waals surface area contributed by atoms with Gasteiger partial charge in [-0.15, -0.1) is 0 Å². The van der Waals surface area contributed by atoms with Crippen molar-refractivity contribution in [2.45, 2.75) is 4.90 Å². The average molecular weight is 317 g/mol. The van der Waals surface area contributed by atoms with Gasteiger partial charge in [-0.25, -0.2) is 23.6 Å². The Morgan fingerprint density at radius 1 is 1.25 bits per heavy atom. The number of pyridine rings is 1. The molecular formula is C11H10ClFN4O2S. The standard InChI is InChI=1S/C11H10ClFN4O2S/c12-9-2-1-7(13)5-10(9)17-20(18,19)8-3-4-15-11(6-8)16-14/h1-6,17H,14H2,(H,15,16). The topological polar surface area (TPSA) is 97.1 Å². The smallest absolute Gasteiger partial charge is 0.262 e. The third-order valence-corrected chi connectivity index (χ3v) is 4.06. The quantitative estimate of drug-likeness (QED) is 0.592. The van der Waals surface area contributed by atoms with Crippen molar-refractivity contribution in [3.63, 3.8) is 0 Å². The molecule has 2 aromatic rings. The molecule has 1 heterocycles. The second-order valence-electron chi connectivity index (χ2n) is 3.75. The summed E-state index contributed by atoms with van der Waals surface area (Å²) in [6, 6.07) is 5.88. The first kappa shape index (κ1) is 14.5. The molecule has 1 aromatic heterocycles. The van der Waals surface area contributed by atoms with Crippen LogP contribution in [0.5, 0.6) is 0 Å². The number of halogens is 2. The molecule has 106 valence electrons. The molecule has 0 saturated heterocycles. The van der Waals surface area contributed by atoms with Crippen molar-refractivity contribution in [2.75, 3.05) is 10.1 Å². The number of nitrogens with zero attached hydrogens (tertiary/aromatic N) is 1. The first-order valence-corrected chi connectivity index (χ1v) is 7.19. The molecule has 0 saturated carbocycles. The van der Waals surface area contributed by atoms with E-state index < -0.39 is 15.8 Å². The van der Waals surface area contributed by atoms with Crippen LogP contribution in [0, 0.1) is 5.82 Å². The van der Waals surface area contributed by atoms with E-state index in [1.54, 1.807) is 0 Å². The highest BCUT2D eigenvalue weighted by molar-refractivity contribution is 7.92. The second kappa shape index (κ2) is 5.61. The van der Waals surface area contributed by atoms with E-state index in [0.717, 1.165) is 12.1 Å². The van der Waals surface area contributed by atoms with Crippen LogP contribution in [-0.4, -0.2) is 13.4 Å². The maximum atomic E-state index is 13.1. The fourth-order valence-electron chi connectivity index (χ4n) is 1.44. The lowest BCUT2D eigenvalue weighted by molar-refractivity contribution is 0.601. The minimum absolute atomic E-state index is 0.0502. The van der Waals surface area contributed by atoms with Gasteiger partial charge in [0.25, 0.3) is 10.0 Å². The maximum Gasteiger partial charge on any atom is 0.262 e. The van der Waals surface area contributed by atoms with E-state index in [1.807, 2.05) is 0 Å². The number of hydrogen-bond acceptors (Lipinski definition) is 5. The number of sulfonamides is 1. The van der Waals surface area contributed by atoms with Crippen LogP contribution in [0.4, 0.5) is 15.9 Å². The van der Waals surface area contributed by atoms with Gasteiger partial charge in [0.15, 0.2) is 0 Å². The number of hydrazine groups is 1. The summed E-state index contributed by atoms with van der Waals surface area (Å²) in [7, 11) is -3.92. The molecule has 0 aliphatic heterocycles. The van der Waals surface area contributed by atoms with Gasteiger partial charge in [-0.2, -0.15) is 0 Å². The van der Waals surface area contributed by atoms with E-state index in [-0.39, 0.29) is 21.4 Å². The van der Waals surface area contributed by atoms with Crippen LogP contribution >= 0.6 is 11.6 Å². The van der Waals surface area contributed by atoms with Crippen LogP contribution in [0.3, 0.4) is 0 Å². The van der Waals surface area contributed by atoms with E-state index in [0.29, 0.717) is 0 Å². The molecule has 20 heavy (non-hydrogen) atoms. The Morgan fingerprint density at radius 2 is 2.00 bits per heavy atom. The zero-order chi connectivity index (χ0) is 14.8. The normalized spacial score (nSPS) is 11.2. The summed E-state index contributed by atoms with van der Waals surface area (Å²) in [5.74, 6) is 4.73. The third kappa shape index (κ3) is 3.16. The molecule has 0 aliphatic rings. The van der Waals surface area contributed by atoms with Crippen molar-refractivity contribution in [3.05, 3.63) is 47.4 Å². The molecular weight excluding hydrogens is 307 g/mol. The molecule has 0 fully saturated rings. The predicted molar refractivity (Wildman–Crippen MR) is 74.3 cm³/mol. The highest BCUT2D eigenvalue weighted by Gasteiger charge is 2.17. The Hall–Kier alpha value is -1.90. The van der Waals surface area contributed by atoms with Crippen LogP contribution in [-0.2, 0) is 10.0 Å². The SMILES string of the molecule is NNc1cc(S(=O)(=O)Nc2cc(F)ccc2Cl)ccn1. The lowest BCUT2D eigenvalue weighted by atomic mass is 10.3. The van der Waals surface area contributed by atoms with Gasteiger partial charge in [-0.1, -0.05) is 11.6 Å². The highest BCUT2D eigenvalue weighted by atomic mass is 35.5.